The average molecular weight is 488 g/mol. The topological polar surface area (TPSA) is 96.0 Å². The molecule has 2 amide bonds. The van der Waals surface area contributed by atoms with E-state index >= 15 is 0 Å². The van der Waals surface area contributed by atoms with Crippen molar-refractivity contribution < 1.29 is 22.7 Å². The molecule has 3 rings (SSSR count). The molecule has 1 saturated heterocycles. The van der Waals surface area contributed by atoms with Crippen LogP contribution in [-0.4, -0.2) is 55.4 Å². The van der Waals surface area contributed by atoms with E-state index in [9.17, 15) is 18.0 Å². The maximum atomic E-state index is 12.8. The van der Waals surface area contributed by atoms with Crippen LogP contribution in [-0.2, 0) is 26.1 Å². The minimum Gasteiger partial charge on any atom is -0.444 e. The quantitative estimate of drug-likeness (QED) is 0.662. The van der Waals surface area contributed by atoms with Gasteiger partial charge >= 0.3 is 6.09 Å². The van der Waals surface area contributed by atoms with E-state index in [0.29, 0.717) is 38.2 Å². The summed E-state index contributed by atoms with van der Waals surface area (Å²) in [4.78, 5) is 26.8. The van der Waals surface area contributed by atoms with E-state index in [1.807, 2.05) is 39.0 Å². The summed E-state index contributed by atoms with van der Waals surface area (Å²) >= 11 is 0. The second kappa shape index (κ2) is 10.6. The first kappa shape index (κ1) is 25.7. The molecule has 184 valence electrons. The maximum Gasteiger partial charge on any atom is 0.410 e. The first-order valence-corrected chi connectivity index (χ1v) is 12.8. The van der Waals surface area contributed by atoms with Crippen molar-refractivity contribution in [3.8, 4) is 0 Å². The normalized spacial score (nSPS) is 15.5. The zero-order valence-electron chi connectivity index (χ0n) is 20.2. The van der Waals surface area contributed by atoms with Crippen LogP contribution in [0.5, 0.6) is 0 Å². The number of piperidine rings is 1. The van der Waals surface area contributed by atoms with Crippen LogP contribution in [0.3, 0.4) is 0 Å². The van der Waals surface area contributed by atoms with Crippen LogP contribution in [0.4, 0.5) is 10.5 Å². The van der Waals surface area contributed by atoms with Crippen LogP contribution in [0, 0.1) is 5.92 Å². The third kappa shape index (κ3) is 6.80. The lowest BCUT2D eigenvalue weighted by Gasteiger charge is -2.30. The molecule has 0 unspecified atom stereocenters. The number of ether oxygens (including phenoxy) is 1. The number of benzene rings is 2. The molecule has 0 radical (unpaired) electrons. The number of rotatable bonds is 6. The van der Waals surface area contributed by atoms with E-state index < -0.39 is 21.7 Å². The molecule has 1 aliphatic heterocycles. The third-order valence-electron chi connectivity index (χ3n) is 5.53. The zero-order valence-corrected chi connectivity index (χ0v) is 21.0. The Labute approximate surface area is 201 Å². The molecule has 2 aromatic rings. The molecule has 1 fully saturated rings. The summed E-state index contributed by atoms with van der Waals surface area (Å²) in [5, 5.41) is 2.94. The zero-order chi connectivity index (χ0) is 24.9. The highest BCUT2D eigenvalue weighted by Crippen LogP contribution is 2.25. The van der Waals surface area contributed by atoms with Gasteiger partial charge < -0.3 is 15.0 Å². The number of amides is 2. The van der Waals surface area contributed by atoms with Crippen molar-refractivity contribution in [2.24, 2.45) is 5.92 Å². The van der Waals surface area contributed by atoms with Gasteiger partial charge in [-0.05, 0) is 63.4 Å². The minimum absolute atomic E-state index is 0.130. The van der Waals surface area contributed by atoms with Gasteiger partial charge in [-0.1, -0.05) is 30.3 Å². The number of nitrogens with zero attached hydrogens (tertiary/aromatic N) is 2. The Balaban J connectivity index is 1.55. The molecule has 0 aromatic heterocycles. The van der Waals surface area contributed by atoms with Crippen molar-refractivity contribution in [1.29, 1.82) is 0 Å². The molecule has 0 saturated carbocycles. The predicted octanol–water partition coefficient (Wildman–Crippen LogP) is 4.09. The van der Waals surface area contributed by atoms with Gasteiger partial charge in [0.25, 0.3) is 0 Å². The van der Waals surface area contributed by atoms with Crippen molar-refractivity contribution in [3.05, 3.63) is 60.2 Å². The van der Waals surface area contributed by atoms with Crippen LogP contribution < -0.4 is 5.32 Å². The van der Waals surface area contributed by atoms with Crippen molar-refractivity contribution in [2.45, 2.75) is 50.7 Å². The van der Waals surface area contributed by atoms with E-state index in [0.717, 1.165) is 5.56 Å². The van der Waals surface area contributed by atoms with Gasteiger partial charge in [-0.15, -0.1) is 0 Å². The first-order valence-electron chi connectivity index (χ1n) is 11.3. The maximum absolute atomic E-state index is 12.8. The summed E-state index contributed by atoms with van der Waals surface area (Å²) in [5.41, 5.74) is 0.923. The van der Waals surface area contributed by atoms with Gasteiger partial charge in [0.2, 0.25) is 15.9 Å². The lowest BCUT2D eigenvalue weighted by Crippen LogP contribution is -2.41. The minimum atomic E-state index is -3.55. The Kier molecular flexibility index (Phi) is 7.99. The van der Waals surface area contributed by atoms with Crippen molar-refractivity contribution >= 4 is 27.7 Å². The number of carbonyl (C=O) groups excluding carboxylic acids is 2. The molecule has 9 heteroatoms. The molecule has 0 bridgehead atoms. The van der Waals surface area contributed by atoms with Gasteiger partial charge in [-0.2, -0.15) is 4.31 Å². The fourth-order valence-corrected chi connectivity index (χ4v) is 5.26. The molecule has 1 aliphatic rings. The largest absolute Gasteiger partial charge is 0.444 e. The Morgan fingerprint density at radius 2 is 1.71 bits per heavy atom. The van der Waals surface area contributed by atoms with Gasteiger partial charge in [-0.25, -0.2) is 13.2 Å². The lowest BCUT2D eigenvalue weighted by molar-refractivity contribution is -0.120. The van der Waals surface area contributed by atoms with Gasteiger partial charge in [-0.3, -0.25) is 4.79 Å². The summed E-state index contributed by atoms with van der Waals surface area (Å²) in [5.74, 6) is -0.398. The van der Waals surface area contributed by atoms with E-state index in [4.69, 9.17) is 4.74 Å². The standard InChI is InChI=1S/C25H33N3O5S/c1-25(2,3)33-24(30)27(4)18-19-9-8-10-21(17-19)26-23(29)20-13-15-28(16-14-20)34(31,32)22-11-6-5-7-12-22/h5-12,17,20H,13-16,18H2,1-4H3,(H,26,29). The molecule has 0 aliphatic carbocycles. The van der Waals surface area contributed by atoms with Gasteiger partial charge in [0.1, 0.15) is 5.60 Å². The molecule has 1 N–H and O–H groups in total. The number of nitrogens with one attached hydrogen (secondary N) is 1. The SMILES string of the molecule is CN(Cc1cccc(NC(=O)C2CCN(S(=O)(=O)c3ccccc3)CC2)c1)C(=O)OC(C)(C)C. The van der Waals surface area contributed by atoms with Crippen molar-refractivity contribution in [3.63, 3.8) is 0 Å². The summed E-state index contributed by atoms with van der Waals surface area (Å²) in [6, 6.07) is 15.7. The second-order valence-electron chi connectivity index (χ2n) is 9.52. The molecule has 2 aromatic carbocycles. The van der Waals surface area contributed by atoms with Crippen LogP contribution in [0.2, 0.25) is 0 Å². The van der Waals surface area contributed by atoms with Gasteiger partial charge in [0.05, 0.1) is 4.90 Å². The smallest absolute Gasteiger partial charge is 0.410 e. The van der Waals surface area contributed by atoms with E-state index in [-0.39, 0.29) is 16.7 Å². The Bertz CT molecular complexity index is 1100. The van der Waals surface area contributed by atoms with E-state index in [1.165, 1.54) is 9.21 Å². The monoisotopic (exact) mass is 487 g/mol. The fraction of sp³-hybridized carbons (Fsp3) is 0.440. The van der Waals surface area contributed by atoms with E-state index in [1.54, 1.807) is 43.4 Å². The Morgan fingerprint density at radius 3 is 2.32 bits per heavy atom. The van der Waals surface area contributed by atoms with Crippen LogP contribution in [0.1, 0.15) is 39.2 Å². The second-order valence-corrected chi connectivity index (χ2v) is 11.5. The number of anilines is 1. The molecular weight excluding hydrogens is 454 g/mol. The van der Waals surface area contributed by atoms with Gasteiger partial charge in [0, 0.05) is 38.3 Å². The molecule has 0 atom stereocenters. The highest BCUT2D eigenvalue weighted by molar-refractivity contribution is 7.89. The fourth-order valence-electron chi connectivity index (χ4n) is 3.77. The summed E-state index contributed by atoms with van der Waals surface area (Å²) < 4.78 is 32.4. The van der Waals surface area contributed by atoms with Crippen LogP contribution in [0.25, 0.3) is 0 Å². The number of sulfonamides is 1. The number of hydrogen-bond donors (Lipinski definition) is 1. The summed E-state index contributed by atoms with van der Waals surface area (Å²) in [6.45, 7) is 6.39. The molecule has 1 heterocycles. The van der Waals surface area contributed by atoms with E-state index in [2.05, 4.69) is 5.32 Å². The molecule has 0 spiro atoms. The number of hydrogen-bond acceptors (Lipinski definition) is 5. The van der Waals surface area contributed by atoms with Crippen molar-refractivity contribution in [1.82, 2.24) is 9.21 Å². The Hall–Kier alpha value is -2.91. The summed E-state index contributed by atoms with van der Waals surface area (Å²) in [7, 11) is -1.88. The average Bonchev–Trinajstić information content (AvgIpc) is 2.79. The van der Waals surface area contributed by atoms with Crippen LogP contribution >= 0.6 is 0 Å². The van der Waals surface area contributed by atoms with Gasteiger partial charge in [0.15, 0.2) is 0 Å². The highest BCUT2D eigenvalue weighted by Gasteiger charge is 2.32. The Morgan fingerprint density at radius 1 is 1.06 bits per heavy atom. The predicted molar refractivity (Wildman–Crippen MR) is 131 cm³/mol. The third-order valence-corrected chi connectivity index (χ3v) is 7.44. The molecule has 8 nitrogen and oxygen atoms in total. The summed E-state index contributed by atoms with van der Waals surface area (Å²) in [6.07, 6.45) is 0.497. The first-order chi connectivity index (χ1) is 16.0. The molecule has 34 heavy (non-hydrogen) atoms. The van der Waals surface area contributed by atoms with Crippen LogP contribution in [0.15, 0.2) is 59.5 Å². The lowest BCUT2D eigenvalue weighted by atomic mass is 9.97. The number of carbonyl (C=O) groups is 2. The highest BCUT2D eigenvalue weighted by atomic mass is 32.2. The van der Waals surface area contributed by atoms with Crippen molar-refractivity contribution in [2.75, 3.05) is 25.5 Å². The molecular formula is C25H33N3O5S.